The summed E-state index contributed by atoms with van der Waals surface area (Å²) in [5.41, 5.74) is -10.2. The highest BCUT2D eigenvalue weighted by atomic mass is 35.5. The van der Waals surface area contributed by atoms with Crippen LogP contribution >= 0.6 is 23.2 Å². The highest BCUT2D eigenvalue weighted by molar-refractivity contribution is 6.23. The summed E-state index contributed by atoms with van der Waals surface area (Å²) in [4.78, 5) is 11.8. The number of carbonyl (C=O) groups excluding carboxylic acids is 1. The van der Waals surface area contributed by atoms with E-state index in [-0.39, 0.29) is 0 Å². The second-order valence-corrected chi connectivity index (χ2v) is 6.97. The number of carbonyl (C=O) groups is 1. The molecule has 1 aliphatic rings. The van der Waals surface area contributed by atoms with Crippen molar-refractivity contribution in [3.05, 3.63) is 0 Å². The summed E-state index contributed by atoms with van der Waals surface area (Å²) in [5, 5.41) is 7.97. The Bertz CT molecular complexity index is 550. The Morgan fingerprint density at radius 1 is 0.741 bits per heavy atom. The molecule has 1 fully saturated rings. The van der Waals surface area contributed by atoms with Crippen molar-refractivity contribution in [2.75, 3.05) is 0 Å². The van der Waals surface area contributed by atoms with Gasteiger partial charge in [-0.3, -0.25) is 4.79 Å². The fourth-order valence-electron chi connectivity index (χ4n) is 2.99. The van der Waals surface area contributed by atoms with Gasteiger partial charge in [-0.05, 0) is 36.0 Å². The van der Waals surface area contributed by atoms with Crippen LogP contribution in [0, 0.1) is 11.8 Å². The molecule has 3 nitrogen and oxygen atoms in total. The van der Waals surface area contributed by atoms with E-state index < -0.39 is 71.2 Å². The quantitative estimate of drug-likeness (QED) is 0.485. The van der Waals surface area contributed by atoms with Crippen molar-refractivity contribution in [3.63, 3.8) is 0 Å². The van der Waals surface area contributed by atoms with Crippen molar-refractivity contribution in [2.24, 2.45) is 11.8 Å². The Balaban J connectivity index is 3.32. The first kappa shape index (κ1) is 24.5. The van der Waals surface area contributed by atoms with Crippen LogP contribution in [0.15, 0.2) is 0 Å². The summed E-state index contributed by atoms with van der Waals surface area (Å²) in [6, 6.07) is 0. The lowest BCUT2D eigenvalue weighted by Gasteiger charge is -2.45. The van der Waals surface area contributed by atoms with Gasteiger partial charge < -0.3 is 10.2 Å². The number of hydrogen-bond acceptors (Lipinski definition) is 3. The maximum absolute atomic E-state index is 13.2. The van der Waals surface area contributed by atoms with Gasteiger partial charge in [0.15, 0.2) is 0 Å². The van der Waals surface area contributed by atoms with Crippen LogP contribution in [0.4, 0.5) is 43.9 Å². The first-order valence-electron chi connectivity index (χ1n) is 6.86. The van der Waals surface area contributed by atoms with Crippen molar-refractivity contribution >= 4 is 29.0 Å². The summed E-state index contributed by atoms with van der Waals surface area (Å²) >= 11 is 8.56. The summed E-state index contributed by atoms with van der Waals surface area (Å²) in [5.74, 6) is -7.88. The van der Waals surface area contributed by atoms with Crippen LogP contribution in [0.2, 0.25) is 0 Å². The molecule has 0 aromatic rings. The molecule has 0 radical (unpaired) electrons. The van der Waals surface area contributed by atoms with E-state index in [0.29, 0.717) is 0 Å². The van der Waals surface area contributed by atoms with Crippen molar-refractivity contribution in [3.8, 4) is 0 Å². The predicted octanol–water partition coefficient (Wildman–Crippen LogP) is 4.22. The number of aliphatic hydroxyl groups is 2. The molecule has 160 valence electrons. The van der Waals surface area contributed by atoms with E-state index >= 15 is 0 Å². The van der Waals surface area contributed by atoms with Crippen LogP contribution < -0.4 is 0 Å². The molecule has 0 amide bonds. The zero-order valence-electron chi connectivity index (χ0n) is 12.6. The van der Waals surface area contributed by atoms with Gasteiger partial charge in [0.25, 0.3) is 0 Å². The van der Waals surface area contributed by atoms with E-state index in [2.05, 4.69) is 23.2 Å². The lowest BCUT2D eigenvalue weighted by Crippen LogP contribution is -2.66. The van der Waals surface area contributed by atoms with Gasteiger partial charge in [-0.1, -0.05) is 0 Å². The lowest BCUT2D eigenvalue weighted by atomic mass is 9.67. The third-order valence-corrected chi connectivity index (χ3v) is 5.04. The molecule has 0 spiro atoms. The third kappa shape index (κ3) is 3.84. The van der Waals surface area contributed by atoms with E-state index in [9.17, 15) is 58.9 Å². The molecule has 0 heterocycles. The van der Waals surface area contributed by atoms with E-state index in [1.54, 1.807) is 0 Å². The Kier molecular flexibility index (Phi) is 6.14. The van der Waals surface area contributed by atoms with Gasteiger partial charge in [-0.15, -0.1) is 0 Å². The minimum absolute atomic E-state index is 1.42. The van der Waals surface area contributed by atoms with Crippen molar-refractivity contribution in [1.82, 2.24) is 0 Å². The standard InChI is InChI=1S/C12H10Cl2F10O3/c13-9(15,16)7(26,11(19,20)21)4-1-2-5(6(25)3-4)8(27,10(14,17)18)12(22,23)24/h4-5,26-27H,1-3H2. The number of alkyl halides is 12. The average Bonchev–Trinajstić information content (AvgIpc) is 2.40. The highest BCUT2D eigenvalue weighted by Crippen LogP contribution is 2.56. The maximum atomic E-state index is 13.2. The van der Waals surface area contributed by atoms with Crippen molar-refractivity contribution < 1.29 is 58.9 Å². The summed E-state index contributed by atoms with van der Waals surface area (Å²) in [7, 11) is 0. The maximum Gasteiger partial charge on any atom is 0.425 e. The van der Waals surface area contributed by atoms with Gasteiger partial charge >= 0.3 is 23.1 Å². The minimum atomic E-state index is -6.19. The number of halogens is 12. The second kappa shape index (κ2) is 6.77. The van der Waals surface area contributed by atoms with Crippen molar-refractivity contribution in [2.45, 2.75) is 53.6 Å². The first-order valence-corrected chi connectivity index (χ1v) is 7.62. The Labute approximate surface area is 154 Å². The number of Topliss-reactive ketones (excluding diaryl/α,β-unsaturated/α-hetero) is 1. The molecular formula is C12H10Cl2F10O3. The predicted molar refractivity (Wildman–Crippen MR) is 69.4 cm³/mol. The molecule has 1 saturated carbocycles. The molecule has 2 N–H and O–H groups in total. The largest absolute Gasteiger partial charge is 0.425 e. The Morgan fingerprint density at radius 3 is 1.37 bits per heavy atom. The van der Waals surface area contributed by atoms with E-state index in [0.717, 1.165) is 0 Å². The molecular weight excluding hydrogens is 453 g/mol. The Hall–Kier alpha value is -0.530. The van der Waals surface area contributed by atoms with Crippen molar-refractivity contribution in [1.29, 1.82) is 0 Å². The first-order chi connectivity index (χ1) is 11.6. The highest BCUT2D eigenvalue weighted by Gasteiger charge is 2.76. The van der Waals surface area contributed by atoms with Gasteiger partial charge in [-0.25, -0.2) is 0 Å². The molecule has 0 bridgehead atoms. The second-order valence-electron chi connectivity index (χ2n) is 6.02. The summed E-state index contributed by atoms with van der Waals surface area (Å²) in [6.45, 7) is 0. The monoisotopic (exact) mass is 462 g/mol. The number of hydrogen-bond donors (Lipinski definition) is 2. The number of ketones is 1. The molecule has 0 aliphatic heterocycles. The molecule has 0 aromatic carbocycles. The smallest absolute Gasteiger partial charge is 0.375 e. The SMILES string of the molecule is O=C1CC(C(O)(C(F)(F)F)C(F)(F)Cl)CCC1C(O)(C(F)(F)F)C(F)(F)Cl. The van der Waals surface area contributed by atoms with E-state index in [1.807, 2.05) is 0 Å². The number of rotatable bonds is 4. The minimum Gasteiger partial charge on any atom is -0.375 e. The third-order valence-electron chi connectivity index (χ3n) is 4.46. The molecule has 0 aromatic heterocycles. The fraction of sp³-hybridized carbons (Fsp3) is 0.917. The van der Waals surface area contributed by atoms with Crippen LogP contribution in [-0.2, 0) is 4.79 Å². The van der Waals surface area contributed by atoms with Crippen LogP contribution in [0.25, 0.3) is 0 Å². The molecule has 27 heavy (non-hydrogen) atoms. The Morgan fingerprint density at radius 2 is 1.11 bits per heavy atom. The summed E-state index contributed by atoms with van der Waals surface area (Å²) in [6.07, 6.45) is -17.1. The van der Waals surface area contributed by atoms with E-state index in [1.165, 1.54) is 0 Å². The van der Waals surface area contributed by atoms with Crippen LogP contribution in [-0.4, -0.2) is 50.3 Å². The topological polar surface area (TPSA) is 57.5 Å². The van der Waals surface area contributed by atoms with Gasteiger partial charge in [-0.2, -0.15) is 43.9 Å². The zero-order chi connectivity index (χ0) is 21.9. The normalized spacial score (nSPS) is 27.9. The van der Waals surface area contributed by atoms with E-state index in [4.69, 9.17) is 0 Å². The lowest BCUT2D eigenvalue weighted by molar-refractivity contribution is -0.339. The molecule has 1 aliphatic carbocycles. The van der Waals surface area contributed by atoms with Crippen LogP contribution in [0.5, 0.6) is 0 Å². The zero-order valence-corrected chi connectivity index (χ0v) is 14.1. The molecule has 1 rings (SSSR count). The molecule has 0 saturated heterocycles. The molecule has 4 unspecified atom stereocenters. The average molecular weight is 463 g/mol. The van der Waals surface area contributed by atoms with Gasteiger partial charge in [0.05, 0.1) is 5.92 Å². The van der Waals surface area contributed by atoms with Crippen LogP contribution in [0.3, 0.4) is 0 Å². The van der Waals surface area contributed by atoms with Gasteiger partial charge in [0.1, 0.15) is 5.78 Å². The van der Waals surface area contributed by atoms with Gasteiger partial charge in [0, 0.05) is 12.3 Å². The summed E-state index contributed by atoms with van der Waals surface area (Å²) < 4.78 is 130. The fourth-order valence-corrected chi connectivity index (χ4v) is 3.49. The molecule has 4 atom stereocenters. The van der Waals surface area contributed by atoms with Gasteiger partial charge in [0.2, 0.25) is 11.2 Å². The van der Waals surface area contributed by atoms with Crippen LogP contribution in [0.1, 0.15) is 19.3 Å². The molecule has 15 heteroatoms.